The van der Waals surface area contributed by atoms with Crippen LogP contribution in [0.2, 0.25) is 0 Å². The number of benzene rings is 2. The maximum atomic E-state index is 12.7. The van der Waals surface area contributed by atoms with Crippen molar-refractivity contribution in [2.45, 2.75) is 33.2 Å². The Morgan fingerprint density at radius 1 is 1.11 bits per heavy atom. The van der Waals surface area contributed by atoms with Crippen molar-refractivity contribution in [3.63, 3.8) is 0 Å². The molecule has 0 aliphatic heterocycles. The van der Waals surface area contributed by atoms with Gasteiger partial charge >= 0.3 is 0 Å². The third kappa shape index (κ3) is 5.47. The summed E-state index contributed by atoms with van der Waals surface area (Å²) in [5, 5.41) is 3.02. The van der Waals surface area contributed by atoms with Crippen molar-refractivity contribution in [3.05, 3.63) is 58.7 Å². The van der Waals surface area contributed by atoms with Crippen molar-refractivity contribution in [3.8, 4) is 5.75 Å². The highest BCUT2D eigenvalue weighted by atomic mass is 32.2. The van der Waals surface area contributed by atoms with E-state index in [1.54, 1.807) is 32.2 Å². The van der Waals surface area contributed by atoms with Crippen LogP contribution in [-0.2, 0) is 10.0 Å². The van der Waals surface area contributed by atoms with Gasteiger partial charge in [0.25, 0.3) is 5.91 Å². The van der Waals surface area contributed by atoms with Gasteiger partial charge in [0, 0.05) is 5.56 Å². The van der Waals surface area contributed by atoms with Crippen molar-refractivity contribution in [1.29, 1.82) is 0 Å². The molecule has 2 aromatic carbocycles. The van der Waals surface area contributed by atoms with Gasteiger partial charge in [-0.3, -0.25) is 9.52 Å². The molecule has 0 bridgehead atoms. The molecule has 2 rings (SSSR count). The Hall–Kier alpha value is -2.54. The molecular formula is C20H26N2O4S. The molecule has 2 aromatic rings. The molecule has 2 N–H and O–H groups in total. The maximum absolute atomic E-state index is 12.7. The van der Waals surface area contributed by atoms with E-state index in [0.29, 0.717) is 11.3 Å². The van der Waals surface area contributed by atoms with Gasteiger partial charge in [0.05, 0.1) is 25.1 Å². The largest absolute Gasteiger partial charge is 0.496 e. The fourth-order valence-electron chi connectivity index (χ4n) is 2.85. The highest BCUT2D eigenvalue weighted by molar-refractivity contribution is 7.92. The normalized spacial score (nSPS) is 12.3. The molecule has 7 heteroatoms. The summed E-state index contributed by atoms with van der Waals surface area (Å²) in [4.78, 5) is 12.7. The number of ether oxygens (including phenoxy) is 1. The Balaban J connectivity index is 2.24. The zero-order chi connectivity index (χ0) is 20.2. The Morgan fingerprint density at radius 3 is 2.37 bits per heavy atom. The molecule has 0 saturated heterocycles. The van der Waals surface area contributed by atoms with E-state index in [9.17, 15) is 13.2 Å². The monoisotopic (exact) mass is 390 g/mol. The summed E-state index contributed by atoms with van der Waals surface area (Å²) in [6.45, 7) is 5.74. The number of anilines is 1. The van der Waals surface area contributed by atoms with Crippen LogP contribution < -0.4 is 14.8 Å². The summed E-state index contributed by atoms with van der Waals surface area (Å²) in [5.74, 6) is 0.543. The van der Waals surface area contributed by atoms with E-state index >= 15 is 0 Å². The second-order valence-electron chi connectivity index (χ2n) is 6.57. The minimum Gasteiger partial charge on any atom is -0.496 e. The molecule has 0 radical (unpaired) electrons. The number of hydrogen-bond acceptors (Lipinski definition) is 4. The first-order valence-electron chi connectivity index (χ1n) is 8.68. The van der Waals surface area contributed by atoms with Crippen LogP contribution in [0, 0.1) is 13.8 Å². The van der Waals surface area contributed by atoms with Crippen molar-refractivity contribution in [1.82, 2.24) is 5.32 Å². The molecule has 6 nitrogen and oxygen atoms in total. The average Bonchev–Trinajstić information content (AvgIpc) is 2.60. The molecule has 1 amide bonds. The van der Waals surface area contributed by atoms with Gasteiger partial charge in [-0.05, 0) is 55.2 Å². The minimum absolute atomic E-state index is 0.158. The predicted octanol–water partition coefficient (Wildman–Crippen LogP) is 3.56. The van der Waals surface area contributed by atoms with Gasteiger partial charge in [-0.2, -0.15) is 0 Å². The summed E-state index contributed by atoms with van der Waals surface area (Å²) in [7, 11) is -1.79. The molecule has 146 valence electrons. The second-order valence-corrected chi connectivity index (χ2v) is 8.32. The van der Waals surface area contributed by atoms with Crippen LogP contribution in [-0.4, -0.2) is 27.7 Å². The smallest absolute Gasteiger partial charge is 0.251 e. The van der Waals surface area contributed by atoms with E-state index in [1.165, 1.54) is 0 Å². The van der Waals surface area contributed by atoms with Crippen LogP contribution in [0.25, 0.3) is 0 Å². The fourth-order valence-corrected chi connectivity index (χ4v) is 3.47. The molecule has 0 heterocycles. The molecule has 0 aromatic heterocycles. The van der Waals surface area contributed by atoms with Crippen molar-refractivity contribution in [2.24, 2.45) is 0 Å². The first kappa shape index (κ1) is 20.8. The zero-order valence-corrected chi connectivity index (χ0v) is 17.1. The van der Waals surface area contributed by atoms with E-state index in [1.807, 2.05) is 32.0 Å². The third-order valence-electron chi connectivity index (χ3n) is 4.33. The first-order valence-corrected chi connectivity index (χ1v) is 10.6. The number of rotatable bonds is 7. The number of aryl methyl sites for hydroxylation is 2. The SMILES string of the molecule is CC[C@@H](NC(=O)c1ccc(C)c(NS(C)(=O)=O)c1)c1ccc(OC)c(C)c1. The van der Waals surface area contributed by atoms with E-state index in [4.69, 9.17) is 4.74 Å². The lowest BCUT2D eigenvalue weighted by Gasteiger charge is -2.19. The zero-order valence-electron chi connectivity index (χ0n) is 16.3. The van der Waals surface area contributed by atoms with Crippen LogP contribution in [0.15, 0.2) is 36.4 Å². The summed E-state index contributed by atoms with van der Waals surface area (Å²) >= 11 is 0. The van der Waals surface area contributed by atoms with Crippen LogP contribution in [0.5, 0.6) is 5.75 Å². The maximum Gasteiger partial charge on any atom is 0.251 e. The van der Waals surface area contributed by atoms with Crippen molar-refractivity contribution in [2.75, 3.05) is 18.1 Å². The number of methoxy groups -OCH3 is 1. The highest BCUT2D eigenvalue weighted by Gasteiger charge is 2.16. The predicted molar refractivity (Wildman–Crippen MR) is 108 cm³/mol. The first-order chi connectivity index (χ1) is 12.6. The summed E-state index contributed by atoms with van der Waals surface area (Å²) in [6, 6.07) is 10.6. The van der Waals surface area contributed by atoms with E-state index < -0.39 is 10.0 Å². The summed E-state index contributed by atoms with van der Waals surface area (Å²) in [6.07, 6.45) is 1.80. The van der Waals surface area contributed by atoms with Crippen molar-refractivity contribution < 1.29 is 17.9 Å². The summed E-state index contributed by atoms with van der Waals surface area (Å²) in [5.41, 5.74) is 3.53. The molecule has 0 aliphatic carbocycles. The van der Waals surface area contributed by atoms with Gasteiger partial charge in [-0.25, -0.2) is 8.42 Å². The third-order valence-corrected chi connectivity index (χ3v) is 4.92. The molecule has 0 spiro atoms. The molecule has 1 atom stereocenters. The van der Waals surface area contributed by atoms with E-state index in [2.05, 4.69) is 10.0 Å². The van der Waals surface area contributed by atoms with Gasteiger partial charge in [-0.15, -0.1) is 0 Å². The van der Waals surface area contributed by atoms with Crippen molar-refractivity contribution >= 4 is 21.6 Å². The van der Waals surface area contributed by atoms with Gasteiger partial charge in [0.1, 0.15) is 5.75 Å². The Morgan fingerprint density at radius 2 is 1.81 bits per heavy atom. The lowest BCUT2D eigenvalue weighted by atomic mass is 10.0. The molecule has 0 aliphatic rings. The van der Waals surface area contributed by atoms with Crippen LogP contribution >= 0.6 is 0 Å². The van der Waals surface area contributed by atoms with Gasteiger partial charge < -0.3 is 10.1 Å². The average molecular weight is 391 g/mol. The minimum atomic E-state index is -3.42. The molecule has 27 heavy (non-hydrogen) atoms. The summed E-state index contributed by atoms with van der Waals surface area (Å²) < 4.78 is 30.7. The molecular weight excluding hydrogens is 364 g/mol. The van der Waals surface area contributed by atoms with E-state index in [-0.39, 0.29) is 11.9 Å². The quantitative estimate of drug-likeness (QED) is 0.757. The van der Waals surface area contributed by atoms with Gasteiger partial charge in [0.15, 0.2) is 0 Å². The Labute approximate surface area is 161 Å². The number of amides is 1. The number of carbonyl (C=O) groups is 1. The highest BCUT2D eigenvalue weighted by Crippen LogP contribution is 2.25. The number of nitrogens with one attached hydrogen (secondary N) is 2. The lowest BCUT2D eigenvalue weighted by molar-refractivity contribution is 0.0935. The van der Waals surface area contributed by atoms with Gasteiger partial charge in [-0.1, -0.05) is 25.1 Å². The number of hydrogen-bond donors (Lipinski definition) is 2. The Kier molecular flexibility index (Phi) is 6.49. The molecule has 0 saturated carbocycles. The van der Waals surface area contributed by atoms with Crippen LogP contribution in [0.4, 0.5) is 5.69 Å². The second kappa shape index (κ2) is 8.43. The van der Waals surface area contributed by atoms with Crippen LogP contribution in [0.3, 0.4) is 0 Å². The fraction of sp³-hybridized carbons (Fsp3) is 0.350. The number of carbonyl (C=O) groups excluding carboxylic acids is 1. The topological polar surface area (TPSA) is 84.5 Å². The van der Waals surface area contributed by atoms with Crippen LogP contribution in [0.1, 0.15) is 46.4 Å². The molecule has 0 fully saturated rings. The standard InChI is InChI=1S/C20H26N2O4S/c1-6-17(15-9-10-19(26-4)14(3)11-15)21-20(23)16-8-7-13(2)18(12-16)22-27(5,24)25/h7-12,17,22H,6H2,1-5H3,(H,21,23)/t17-/m1/s1. The number of sulfonamides is 1. The molecule has 0 unspecified atom stereocenters. The lowest BCUT2D eigenvalue weighted by Crippen LogP contribution is -2.28. The van der Waals surface area contributed by atoms with Gasteiger partial charge in [0.2, 0.25) is 10.0 Å². The Bertz CT molecular complexity index is 939. The van der Waals surface area contributed by atoms with E-state index in [0.717, 1.165) is 35.1 Å².